The summed E-state index contributed by atoms with van der Waals surface area (Å²) in [7, 11) is 1.69. The molecule has 0 aliphatic heterocycles. The van der Waals surface area contributed by atoms with Crippen LogP contribution in [0.3, 0.4) is 0 Å². The summed E-state index contributed by atoms with van der Waals surface area (Å²) < 4.78 is 5.19. The zero-order chi connectivity index (χ0) is 12.0. The number of hydrogen-bond donors (Lipinski definition) is 1. The molecule has 0 saturated carbocycles. The predicted octanol–water partition coefficient (Wildman–Crippen LogP) is 3.58. The third-order valence-electron chi connectivity index (χ3n) is 3.00. The third kappa shape index (κ3) is 3.53. The molecule has 0 fully saturated rings. The molecule has 0 aromatic heterocycles. The first-order chi connectivity index (χ1) is 7.69. The Morgan fingerprint density at radius 3 is 2.62 bits per heavy atom. The quantitative estimate of drug-likeness (QED) is 0.745. The highest BCUT2D eigenvalue weighted by molar-refractivity contribution is 5.36. The first kappa shape index (κ1) is 13.0. The Morgan fingerprint density at radius 2 is 2.06 bits per heavy atom. The Hall–Kier alpha value is -1.02. The van der Waals surface area contributed by atoms with E-state index in [4.69, 9.17) is 10.5 Å². The summed E-state index contributed by atoms with van der Waals surface area (Å²) in [5.74, 6) is 0.905. The fourth-order valence-corrected chi connectivity index (χ4v) is 1.96. The minimum atomic E-state index is 0.164. The van der Waals surface area contributed by atoms with Crippen LogP contribution in [0.2, 0.25) is 0 Å². The molecule has 90 valence electrons. The largest absolute Gasteiger partial charge is 0.497 e. The van der Waals surface area contributed by atoms with Crippen LogP contribution in [0.1, 0.15) is 49.8 Å². The SMILES string of the molecule is CCCCC[C@@H](N)c1ccc(OC)cc1C. The molecular weight excluding hydrogens is 198 g/mol. The van der Waals surface area contributed by atoms with Crippen molar-refractivity contribution in [3.8, 4) is 5.75 Å². The van der Waals surface area contributed by atoms with Crippen LogP contribution in [0.4, 0.5) is 0 Å². The molecule has 1 aromatic carbocycles. The van der Waals surface area contributed by atoms with Crippen LogP contribution < -0.4 is 10.5 Å². The zero-order valence-electron chi connectivity index (χ0n) is 10.6. The van der Waals surface area contributed by atoms with Crippen molar-refractivity contribution in [1.29, 1.82) is 0 Å². The van der Waals surface area contributed by atoms with Gasteiger partial charge >= 0.3 is 0 Å². The van der Waals surface area contributed by atoms with Gasteiger partial charge in [-0.1, -0.05) is 32.3 Å². The first-order valence-corrected chi connectivity index (χ1v) is 6.09. The van der Waals surface area contributed by atoms with Gasteiger partial charge in [-0.05, 0) is 36.6 Å². The van der Waals surface area contributed by atoms with E-state index in [1.807, 2.05) is 6.07 Å². The molecule has 2 heteroatoms. The molecule has 1 rings (SSSR count). The molecule has 16 heavy (non-hydrogen) atoms. The number of ether oxygens (including phenoxy) is 1. The summed E-state index contributed by atoms with van der Waals surface area (Å²) in [5.41, 5.74) is 8.66. The van der Waals surface area contributed by atoms with E-state index in [2.05, 4.69) is 26.0 Å². The van der Waals surface area contributed by atoms with E-state index in [9.17, 15) is 0 Å². The van der Waals surface area contributed by atoms with Gasteiger partial charge in [-0.3, -0.25) is 0 Å². The summed E-state index contributed by atoms with van der Waals surface area (Å²) in [6, 6.07) is 6.29. The fraction of sp³-hybridized carbons (Fsp3) is 0.571. The van der Waals surface area contributed by atoms with Crippen molar-refractivity contribution < 1.29 is 4.74 Å². The van der Waals surface area contributed by atoms with Crippen LogP contribution in [0.15, 0.2) is 18.2 Å². The van der Waals surface area contributed by atoms with Gasteiger partial charge < -0.3 is 10.5 Å². The lowest BCUT2D eigenvalue weighted by molar-refractivity contribution is 0.414. The summed E-state index contributed by atoms with van der Waals surface area (Å²) >= 11 is 0. The molecule has 2 nitrogen and oxygen atoms in total. The second-order valence-electron chi connectivity index (χ2n) is 4.32. The smallest absolute Gasteiger partial charge is 0.119 e. The summed E-state index contributed by atoms with van der Waals surface area (Å²) in [6.07, 6.45) is 4.79. The maximum absolute atomic E-state index is 6.19. The van der Waals surface area contributed by atoms with E-state index in [-0.39, 0.29) is 6.04 Å². The van der Waals surface area contributed by atoms with Crippen molar-refractivity contribution in [2.45, 2.75) is 45.6 Å². The number of hydrogen-bond acceptors (Lipinski definition) is 2. The normalized spacial score (nSPS) is 12.5. The lowest BCUT2D eigenvalue weighted by atomic mass is 9.97. The average Bonchev–Trinajstić information content (AvgIpc) is 2.29. The number of unbranched alkanes of at least 4 members (excludes halogenated alkanes) is 2. The molecule has 0 bridgehead atoms. The molecule has 0 aliphatic carbocycles. The molecule has 0 amide bonds. The van der Waals surface area contributed by atoms with Crippen molar-refractivity contribution in [1.82, 2.24) is 0 Å². The molecule has 0 heterocycles. The van der Waals surface area contributed by atoms with Crippen molar-refractivity contribution in [3.05, 3.63) is 29.3 Å². The summed E-state index contributed by atoms with van der Waals surface area (Å²) in [4.78, 5) is 0. The number of rotatable bonds is 6. The molecule has 0 aliphatic rings. The highest BCUT2D eigenvalue weighted by atomic mass is 16.5. The van der Waals surface area contributed by atoms with Crippen LogP contribution in [0, 0.1) is 6.92 Å². The van der Waals surface area contributed by atoms with Gasteiger partial charge in [0.15, 0.2) is 0 Å². The van der Waals surface area contributed by atoms with Crippen molar-refractivity contribution >= 4 is 0 Å². The average molecular weight is 221 g/mol. The number of benzene rings is 1. The molecule has 1 atom stereocenters. The van der Waals surface area contributed by atoms with E-state index in [0.29, 0.717) is 0 Å². The molecule has 0 radical (unpaired) electrons. The van der Waals surface area contributed by atoms with Gasteiger partial charge in [-0.15, -0.1) is 0 Å². The highest BCUT2D eigenvalue weighted by Crippen LogP contribution is 2.24. The molecule has 1 aromatic rings. The van der Waals surface area contributed by atoms with Gasteiger partial charge in [0.2, 0.25) is 0 Å². The number of aryl methyl sites for hydroxylation is 1. The second-order valence-corrected chi connectivity index (χ2v) is 4.32. The van der Waals surface area contributed by atoms with Gasteiger partial charge in [0.25, 0.3) is 0 Å². The lowest BCUT2D eigenvalue weighted by Gasteiger charge is -2.15. The lowest BCUT2D eigenvalue weighted by Crippen LogP contribution is -2.11. The monoisotopic (exact) mass is 221 g/mol. The Morgan fingerprint density at radius 1 is 1.31 bits per heavy atom. The zero-order valence-corrected chi connectivity index (χ0v) is 10.6. The maximum atomic E-state index is 6.19. The van der Waals surface area contributed by atoms with E-state index in [0.717, 1.165) is 12.2 Å². The Kier molecular flexibility index (Phi) is 5.33. The van der Waals surface area contributed by atoms with Crippen LogP contribution in [0.5, 0.6) is 5.75 Å². The molecule has 0 spiro atoms. The van der Waals surface area contributed by atoms with Crippen LogP contribution >= 0.6 is 0 Å². The van der Waals surface area contributed by atoms with Gasteiger partial charge in [0.1, 0.15) is 5.75 Å². The second kappa shape index (κ2) is 6.54. The Balaban J connectivity index is 2.64. The minimum Gasteiger partial charge on any atom is -0.497 e. The van der Waals surface area contributed by atoms with Gasteiger partial charge in [0.05, 0.1) is 7.11 Å². The molecule has 0 unspecified atom stereocenters. The van der Waals surface area contributed by atoms with E-state index in [1.165, 1.54) is 30.4 Å². The topological polar surface area (TPSA) is 35.2 Å². The Labute approximate surface area is 98.8 Å². The van der Waals surface area contributed by atoms with Gasteiger partial charge in [-0.25, -0.2) is 0 Å². The van der Waals surface area contributed by atoms with Crippen molar-refractivity contribution in [2.24, 2.45) is 5.73 Å². The van der Waals surface area contributed by atoms with Crippen molar-refractivity contribution in [3.63, 3.8) is 0 Å². The number of methoxy groups -OCH3 is 1. The predicted molar refractivity (Wildman–Crippen MR) is 68.8 cm³/mol. The Bertz CT molecular complexity index is 323. The van der Waals surface area contributed by atoms with E-state index in [1.54, 1.807) is 7.11 Å². The number of nitrogens with two attached hydrogens (primary N) is 1. The van der Waals surface area contributed by atoms with Gasteiger partial charge in [0, 0.05) is 6.04 Å². The molecule has 0 saturated heterocycles. The van der Waals surface area contributed by atoms with E-state index >= 15 is 0 Å². The third-order valence-corrected chi connectivity index (χ3v) is 3.00. The highest BCUT2D eigenvalue weighted by Gasteiger charge is 2.09. The van der Waals surface area contributed by atoms with Crippen LogP contribution in [0.25, 0.3) is 0 Å². The molecule has 2 N–H and O–H groups in total. The first-order valence-electron chi connectivity index (χ1n) is 6.09. The maximum Gasteiger partial charge on any atom is 0.119 e. The van der Waals surface area contributed by atoms with E-state index < -0.39 is 0 Å². The molecular formula is C14H23NO. The van der Waals surface area contributed by atoms with Crippen LogP contribution in [-0.4, -0.2) is 7.11 Å². The standard InChI is InChI=1S/C14H23NO/c1-4-5-6-7-14(15)13-9-8-12(16-3)10-11(13)2/h8-10,14H,4-7,15H2,1-3H3/t14-/m1/s1. The summed E-state index contributed by atoms with van der Waals surface area (Å²) in [5, 5.41) is 0. The van der Waals surface area contributed by atoms with Crippen LogP contribution in [-0.2, 0) is 0 Å². The van der Waals surface area contributed by atoms with Crippen molar-refractivity contribution in [2.75, 3.05) is 7.11 Å². The fourth-order valence-electron chi connectivity index (χ4n) is 1.96. The summed E-state index contributed by atoms with van der Waals surface area (Å²) in [6.45, 7) is 4.31. The minimum absolute atomic E-state index is 0.164. The van der Waals surface area contributed by atoms with Gasteiger partial charge in [-0.2, -0.15) is 0 Å².